The number of hydrogen-bond acceptors (Lipinski definition) is 3. The van der Waals surface area contributed by atoms with Gasteiger partial charge >= 0.3 is 0 Å². The molecule has 184 valence electrons. The van der Waals surface area contributed by atoms with Crippen molar-refractivity contribution in [2.24, 2.45) is 0 Å². The Morgan fingerprint density at radius 1 is 0.879 bits per heavy atom. The fourth-order valence-corrected chi connectivity index (χ4v) is 4.00. The third-order valence-corrected chi connectivity index (χ3v) is 5.87. The van der Waals surface area contributed by atoms with Crippen LogP contribution in [-0.2, 0) is 0 Å². The van der Waals surface area contributed by atoms with Gasteiger partial charge < -0.3 is 19.5 Å². The van der Waals surface area contributed by atoms with Crippen molar-refractivity contribution in [3.63, 3.8) is 0 Å². The van der Waals surface area contributed by atoms with Crippen molar-refractivity contribution in [1.82, 2.24) is 14.3 Å². The van der Waals surface area contributed by atoms with E-state index < -0.39 is 0 Å². The van der Waals surface area contributed by atoms with Crippen molar-refractivity contribution < 1.29 is 10.2 Å². The topological polar surface area (TPSA) is 61.3 Å². The molecule has 1 aromatic carbocycles. The molecule has 0 saturated carbocycles. The number of halogens is 1. The van der Waals surface area contributed by atoms with Crippen LogP contribution in [0.25, 0.3) is 16.9 Å². The first kappa shape index (κ1) is 29.0. The summed E-state index contributed by atoms with van der Waals surface area (Å²) in [6.07, 6.45) is 13.1. The molecule has 33 heavy (non-hydrogen) atoms. The van der Waals surface area contributed by atoms with Crippen LogP contribution in [0.15, 0.2) is 48.8 Å². The Balaban J connectivity index is 0.00000272. The minimum atomic E-state index is 0. The third-order valence-electron chi connectivity index (χ3n) is 5.87. The molecular weight excluding hydrogens is 434 g/mol. The van der Waals surface area contributed by atoms with Gasteiger partial charge in [0.2, 0.25) is 0 Å². The number of unbranched alkanes of at least 4 members (excludes halogenated alkanes) is 4. The second-order valence-corrected chi connectivity index (χ2v) is 8.53. The molecule has 0 aliphatic carbocycles. The maximum absolute atomic E-state index is 6.02. The molecule has 2 heterocycles. The summed E-state index contributed by atoms with van der Waals surface area (Å²) in [6.45, 7) is 11.0. The van der Waals surface area contributed by atoms with Gasteiger partial charge in [0.1, 0.15) is 11.4 Å². The van der Waals surface area contributed by atoms with Crippen molar-refractivity contribution in [3.05, 3.63) is 54.4 Å². The van der Waals surface area contributed by atoms with Gasteiger partial charge in [-0.05, 0) is 75.2 Å². The molecule has 2 aromatic heterocycles. The van der Waals surface area contributed by atoms with Gasteiger partial charge in [0.05, 0.1) is 12.3 Å². The molecule has 0 aliphatic heterocycles. The molecule has 6 heteroatoms. The summed E-state index contributed by atoms with van der Waals surface area (Å²) in [6, 6.07) is 12.5. The summed E-state index contributed by atoms with van der Waals surface area (Å²) in [4.78, 5) is 7.41. The highest BCUT2D eigenvalue weighted by atomic mass is 35.5. The molecule has 0 amide bonds. The van der Waals surface area contributed by atoms with Gasteiger partial charge in [0.25, 0.3) is 0 Å². The van der Waals surface area contributed by atoms with Crippen LogP contribution in [0.4, 0.5) is 0 Å². The van der Waals surface area contributed by atoms with Crippen LogP contribution >= 0.6 is 12.4 Å². The SMILES string of the molecule is CCCCCN(CCCCC)CCCOc1ccc(-c2cn3cccc(C)c3n2)cc1.Cl.O. The summed E-state index contributed by atoms with van der Waals surface area (Å²) in [5.41, 5.74) is 4.32. The number of aryl methyl sites for hydroxylation is 1. The number of rotatable bonds is 14. The Labute approximate surface area is 205 Å². The lowest BCUT2D eigenvalue weighted by atomic mass is 10.1. The number of fused-ring (bicyclic) bond motifs is 1. The number of aromatic nitrogens is 2. The van der Waals surface area contributed by atoms with E-state index in [4.69, 9.17) is 9.72 Å². The summed E-state index contributed by atoms with van der Waals surface area (Å²) in [5, 5.41) is 0. The molecule has 3 aromatic rings. The average Bonchev–Trinajstić information content (AvgIpc) is 3.23. The molecule has 0 unspecified atom stereocenters. The van der Waals surface area contributed by atoms with Crippen LogP contribution in [0.3, 0.4) is 0 Å². The molecule has 2 N–H and O–H groups in total. The molecule has 0 bridgehead atoms. The van der Waals surface area contributed by atoms with Gasteiger partial charge in [-0.2, -0.15) is 0 Å². The zero-order chi connectivity index (χ0) is 21.9. The standard InChI is InChI=1S/C27H39N3O.ClH.H2O/c1-4-6-8-17-29(18-9-7-5-2)19-11-21-31-25-15-13-24(14-16-25)26-22-30-20-10-12-23(3)27(30)28-26;;/h10,12-16,20,22H,4-9,11,17-19,21H2,1-3H3;1H;1H2. The highest BCUT2D eigenvalue weighted by Crippen LogP contribution is 2.23. The predicted octanol–water partition coefficient (Wildman–Crippen LogP) is 6.36. The summed E-state index contributed by atoms with van der Waals surface area (Å²) < 4.78 is 8.11. The summed E-state index contributed by atoms with van der Waals surface area (Å²) in [7, 11) is 0. The second kappa shape index (κ2) is 15.7. The van der Waals surface area contributed by atoms with Crippen LogP contribution in [0.2, 0.25) is 0 Å². The molecular formula is C27H42ClN3O2. The average molecular weight is 476 g/mol. The molecule has 0 aliphatic rings. The van der Waals surface area contributed by atoms with Gasteiger partial charge in [0, 0.05) is 24.5 Å². The molecule has 3 rings (SSSR count). The van der Waals surface area contributed by atoms with Gasteiger partial charge in [-0.3, -0.25) is 0 Å². The number of ether oxygens (including phenoxy) is 1. The molecule has 0 saturated heterocycles. The zero-order valence-corrected chi connectivity index (χ0v) is 21.4. The van der Waals surface area contributed by atoms with Crippen molar-refractivity contribution in [1.29, 1.82) is 0 Å². The van der Waals surface area contributed by atoms with Crippen molar-refractivity contribution in [2.45, 2.75) is 65.7 Å². The van der Waals surface area contributed by atoms with Crippen molar-refractivity contribution >= 4 is 18.1 Å². The van der Waals surface area contributed by atoms with E-state index in [0.717, 1.165) is 42.2 Å². The second-order valence-electron chi connectivity index (χ2n) is 8.53. The highest BCUT2D eigenvalue weighted by Gasteiger charge is 2.07. The minimum Gasteiger partial charge on any atom is -0.494 e. The first-order valence-corrected chi connectivity index (χ1v) is 12.1. The fourth-order valence-electron chi connectivity index (χ4n) is 4.00. The van der Waals surface area contributed by atoms with Gasteiger partial charge in [-0.1, -0.05) is 45.6 Å². The Hall–Kier alpha value is -2.08. The molecule has 0 spiro atoms. The molecule has 0 radical (unpaired) electrons. The van der Waals surface area contributed by atoms with E-state index in [1.54, 1.807) is 0 Å². The van der Waals surface area contributed by atoms with E-state index in [-0.39, 0.29) is 17.9 Å². The van der Waals surface area contributed by atoms with E-state index in [2.05, 4.69) is 72.7 Å². The molecule has 0 atom stereocenters. The number of hydrogen-bond donors (Lipinski definition) is 0. The summed E-state index contributed by atoms with van der Waals surface area (Å²) >= 11 is 0. The number of imidazole rings is 1. The molecule has 5 nitrogen and oxygen atoms in total. The first-order chi connectivity index (χ1) is 15.2. The Morgan fingerprint density at radius 2 is 1.52 bits per heavy atom. The minimum absolute atomic E-state index is 0. The van der Waals surface area contributed by atoms with Gasteiger partial charge in [-0.15, -0.1) is 12.4 Å². The van der Waals surface area contributed by atoms with Crippen LogP contribution < -0.4 is 4.74 Å². The van der Waals surface area contributed by atoms with E-state index in [1.165, 1.54) is 57.2 Å². The monoisotopic (exact) mass is 475 g/mol. The number of pyridine rings is 1. The van der Waals surface area contributed by atoms with Crippen LogP contribution in [0.1, 0.15) is 64.4 Å². The maximum Gasteiger partial charge on any atom is 0.140 e. The lowest BCUT2D eigenvalue weighted by Crippen LogP contribution is -2.28. The number of benzene rings is 1. The highest BCUT2D eigenvalue weighted by molar-refractivity contribution is 5.85. The Kier molecular flexibility index (Phi) is 13.8. The van der Waals surface area contributed by atoms with E-state index in [9.17, 15) is 0 Å². The van der Waals surface area contributed by atoms with Crippen LogP contribution in [0, 0.1) is 6.92 Å². The zero-order valence-electron chi connectivity index (χ0n) is 20.6. The smallest absolute Gasteiger partial charge is 0.140 e. The fraction of sp³-hybridized carbons (Fsp3) is 0.519. The quantitative estimate of drug-likeness (QED) is 0.255. The van der Waals surface area contributed by atoms with Crippen molar-refractivity contribution in [2.75, 3.05) is 26.2 Å². The van der Waals surface area contributed by atoms with E-state index in [0.29, 0.717) is 0 Å². The largest absolute Gasteiger partial charge is 0.494 e. The number of nitrogens with zero attached hydrogens (tertiary/aromatic N) is 3. The predicted molar refractivity (Wildman–Crippen MR) is 142 cm³/mol. The van der Waals surface area contributed by atoms with Crippen LogP contribution in [-0.4, -0.2) is 46.0 Å². The molecule has 0 fully saturated rings. The van der Waals surface area contributed by atoms with Crippen LogP contribution in [0.5, 0.6) is 5.75 Å². The third kappa shape index (κ3) is 9.00. The Bertz CT molecular complexity index is 901. The first-order valence-electron chi connectivity index (χ1n) is 12.1. The van der Waals surface area contributed by atoms with Gasteiger partial charge in [0.15, 0.2) is 0 Å². The van der Waals surface area contributed by atoms with Gasteiger partial charge in [-0.25, -0.2) is 4.98 Å². The van der Waals surface area contributed by atoms with E-state index in [1.807, 2.05) is 6.20 Å². The normalized spacial score (nSPS) is 10.8. The maximum atomic E-state index is 6.02. The summed E-state index contributed by atoms with van der Waals surface area (Å²) in [5.74, 6) is 0.937. The van der Waals surface area contributed by atoms with Crippen molar-refractivity contribution in [3.8, 4) is 17.0 Å². The lowest BCUT2D eigenvalue weighted by molar-refractivity contribution is 0.227. The lowest BCUT2D eigenvalue weighted by Gasteiger charge is -2.22. The van der Waals surface area contributed by atoms with E-state index >= 15 is 0 Å². The Morgan fingerprint density at radius 3 is 2.12 bits per heavy atom.